The van der Waals surface area contributed by atoms with E-state index in [0.29, 0.717) is 11.8 Å². The zero-order chi connectivity index (χ0) is 16.1. The summed E-state index contributed by atoms with van der Waals surface area (Å²) in [4.78, 5) is 12.6. The fourth-order valence-corrected chi connectivity index (χ4v) is 4.39. The van der Waals surface area contributed by atoms with Crippen LogP contribution >= 0.6 is 0 Å². The van der Waals surface area contributed by atoms with Crippen molar-refractivity contribution >= 4 is 5.97 Å². The number of rotatable bonds is 4. The summed E-state index contributed by atoms with van der Waals surface area (Å²) in [6.45, 7) is 10.4. The second-order valence-electron chi connectivity index (χ2n) is 8.68. The van der Waals surface area contributed by atoms with Crippen LogP contribution in [0.3, 0.4) is 0 Å². The molecular weight excluding hydrogens is 274 g/mol. The third kappa shape index (κ3) is 2.73. The number of hydrogen-bond acceptors (Lipinski definition) is 3. The lowest BCUT2D eigenvalue weighted by atomic mass is 9.71. The molecule has 1 N–H and O–H groups in total. The highest BCUT2D eigenvalue weighted by Gasteiger charge is 2.64. The van der Waals surface area contributed by atoms with Gasteiger partial charge in [0.15, 0.2) is 0 Å². The molecule has 0 aromatic heterocycles. The zero-order valence-corrected chi connectivity index (χ0v) is 14.7. The van der Waals surface area contributed by atoms with Crippen molar-refractivity contribution in [1.82, 2.24) is 5.32 Å². The smallest absolute Gasteiger partial charge is 0.328 e. The van der Waals surface area contributed by atoms with Crippen LogP contribution in [0.4, 0.5) is 0 Å². The van der Waals surface area contributed by atoms with Crippen molar-refractivity contribution in [1.29, 1.82) is 0 Å². The Kier molecular flexibility index (Phi) is 3.91. The molecule has 4 atom stereocenters. The van der Waals surface area contributed by atoms with E-state index in [1.165, 1.54) is 32.1 Å². The lowest BCUT2D eigenvalue weighted by Crippen LogP contribution is -2.40. The quantitative estimate of drug-likeness (QED) is 0.488. The van der Waals surface area contributed by atoms with Gasteiger partial charge < -0.3 is 4.74 Å². The molecule has 1 aliphatic heterocycles. The van der Waals surface area contributed by atoms with Crippen LogP contribution in [-0.2, 0) is 9.53 Å². The van der Waals surface area contributed by atoms with Crippen LogP contribution in [0, 0.1) is 17.8 Å². The van der Waals surface area contributed by atoms with E-state index in [-0.39, 0.29) is 17.6 Å². The first kappa shape index (κ1) is 16.0. The maximum Gasteiger partial charge on any atom is 0.328 e. The summed E-state index contributed by atoms with van der Waals surface area (Å²) >= 11 is 0. The third-order valence-electron chi connectivity index (χ3n) is 6.20. The maximum atomic E-state index is 12.6. The molecule has 2 aliphatic carbocycles. The number of fused-ring (bicyclic) bond motifs is 2. The van der Waals surface area contributed by atoms with E-state index in [0.717, 1.165) is 5.92 Å². The van der Waals surface area contributed by atoms with Gasteiger partial charge in [-0.15, -0.1) is 0 Å². The monoisotopic (exact) mass is 305 g/mol. The molecule has 1 saturated heterocycles. The van der Waals surface area contributed by atoms with E-state index >= 15 is 0 Å². The fraction of sp³-hybridized carbons (Fsp3) is 0.842. The zero-order valence-electron chi connectivity index (χ0n) is 14.7. The van der Waals surface area contributed by atoms with E-state index in [2.05, 4.69) is 39.1 Å². The minimum Gasteiger partial charge on any atom is -0.460 e. The topological polar surface area (TPSA) is 48.2 Å². The summed E-state index contributed by atoms with van der Waals surface area (Å²) in [5, 5.41) is 3.28. The number of carbonyl (C=O) groups excluding carboxylic acids is 1. The molecule has 3 aliphatic rings. The van der Waals surface area contributed by atoms with Gasteiger partial charge in [0.1, 0.15) is 11.6 Å². The molecule has 2 fully saturated rings. The molecule has 0 radical (unpaired) electrons. The molecule has 1 saturated carbocycles. The van der Waals surface area contributed by atoms with Gasteiger partial charge in [0, 0.05) is 11.5 Å². The summed E-state index contributed by atoms with van der Waals surface area (Å²) in [7, 11) is 0. The van der Waals surface area contributed by atoms with Crippen molar-refractivity contribution in [3.05, 3.63) is 11.6 Å². The second-order valence-corrected chi connectivity index (χ2v) is 8.68. The summed E-state index contributed by atoms with van der Waals surface area (Å²) in [6.07, 6.45) is 8.84. The van der Waals surface area contributed by atoms with Crippen molar-refractivity contribution in [2.24, 2.45) is 17.8 Å². The molecule has 4 unspecified atom stereocenters. The van der Waals surface area contributed by atoms with Gasteiger partial charge in [-0.05, 0) is 64.7 Å². The van der Waals surface area contributed by atoms with Gasteiger partial charge in [-0.2, -0.15) is 0 Å². The van der Waals surface area contributed by atoms with Gasteiger partial charge in [-0.25, -0.2) is 4.79 Å². The predicted octanol–water partition coefficient (Wildman–Crippen LogP) is 3.83. The number of carbonyl (C=O) groups is 1. The third-order valence-corrected chi connectivity index (χ3v) is 6.20. The largest absolute Gasteiger partial charge is 0.460 e. The molecule has 3 nitrogen and oxygen atoms in total. The number of allylic oxidation sites excluding steroid dienone is 1. The minimum absolute atomic E-state index is 0.0124. The van der Waals surface area contributed by atoms with Gasteiger partial charge in [-0.3, -0.25) is 5.32 Å². The Morgan fingerprint density at radius 1 is 1.36 bits per heavy atom. The molecule has 3 heteroatoms. The van der Waals surface area contributed by atoms with E-state index in [1.807, 2.05) is 6.92 Å². The summed E-state index contributed by atoms with van der Waals surface area (Å²) < 4.78 is 6.03. The van der Waals surface area contributed by atoms with Crippen LogP contribution in [0.1, 0.15) is 66.7 Å². The minimum atomic E-state index is -0.516. The SMILES string of the molecule is CC(C)C(OC(=O)C1(C)NC1(C)C)C1C=C2CCCC(C2)C1. The van der Waals surface area contributed by atoms with E-state index in [4.69, 9.17) is 4.74 Å². The van der Waals surface area contributed by atoms with Crippen LogP contribution in [0.15, 0.2) is 11.6 Å². The number of nitrogens with one attached hydrogen (secondary N) is 1. The lowest BCUT2D eigenvalue weighted by Gasteiger charge is -2.38. The second kappa shape index (κ2) is 5.36. The highest BCUT2D eigenvalue weighted by molar-refractivity contribution is 5.87. The van der Waals surface area contributed by atoms with E-state index < -0.39 is 5.54 Å². The van der Waals surface area contributed by atoms with Crippen molar-refractivity contribution in [2.75, 3.05) is 0 Å². The van der Waals surface area contributed by atoms with Gasteiger partial charge in [0.05, 0.1) is 0 Å². The standard InChI is InChI=1S/C19H31NO2/c1-12(2)16(22-17(21)19(5)18(3,4)20-19)15-10-13-7-6-8-14(9-13)11-15/h10,12,14-16,20H,6-9,11H2,1-5H3. The average Bonchev–Trinajstić information content (AvgIpc) is 2.95. The normalized spacial score (nSPS) is 37.5. The van der Waals surface area contributed by atoms with Crippen molar-refractivity contribution in [3.63, 3.8) is 0 Å². The number of hydrogen-bond donors (Lipinski definition) is 1. The predicted molar refractivity (Wildman–Crippen MR) is 88.5 cm³/mol. The average molecular weight is 305 g/mol. The molecule has 0 amide bonds. The molecular formula is C19H31NO2. The van der Waals surface area contributed by atoms with Crippen molar-refractivity contribution in [3.8, 4) is 0 Å². The molecule has 2 bridgehead atoms. The molecule has 0 aromatic rings. The molecule has 0 spiro atoms. The van der Waals surface area contributed by atoms with Gasteiger partial charge in [0.25, 0.3) is 0 Å². The summed E-state index contributed by atoms with van der Waals surface area (Å²) in [5.74, 6) is 1.49. The number of ether oxygens (including phenoxy) is 1. The molecule has 124 valence electrons. The Hall–Kier alpha value is -0.830. The van der Waals surface area contributed by atoms with Crippen LogP contribution < -0.4 is 5.32 Å². The fourth-order valence-electron chi connectivity index (χ4n) is 4.39. The lowest BCUT2D eigenvalue weighted by molar-refractivity contribution is -0.157. The van der Waals surface area contributed by atoms with Crippen molar-refractivity contribution in [2.45, 2.75) is 83.9 Å². The molecule has 3 rings (SSSR count). The maximum absolute atomic E-state index is 12.6. The van der Waals surface area contributed by atoms with Gasteiger partial charge in [-0.1, -0.05) is 25.5 Å². The summed E-state index contributed by atoms with van der Waals surface area (Å²) in [6, 6.07) is 0. The molecule has 22 heavy (non-hydrogen) atoms. The van der Waals surface area contributed by atoms with Gasteiger partial charge >= 0.3 is 5.97 Å². The van der Waals surface area contributed by atoms with Crippen LogP contribution in [0.2, 0.25) is 0 Å². The highest BCUT2D eigenvalue weighted by atomic mass is 16.5. The Morgan fingerprint density at radius 2 is 2.05 bits per heavy atom. The van der Waals surface area contributed by atoms with Crippen LogP contribution in [0.5, 0.6) is 0 Å². The highest BCUT2D eigenvalue weighted by Crippen LogP contribution is 2.43. The van der Waals surface area contributed by atoms with Gasteiger partial charge in [0.2, 0.25) is 0 Å². The Labute approximate surface area is 134 Å². The summed E-state index contributed by atoms with van der Waals surface area (Å²) in [5.41, 5.74) is 0.940. The van der Waals surface area contributed by atoms with E-state index in [9.17, 15) is 4.79 Å². The molecule has 1 heterocycles. The Balaban J connectivity index is 1.73. The van der Waals surface area contributed by atoms with Crippen LogP contribution in [0.25, 0.3) is 0 Å². The number of esters is 1. The van der Waals surface area contributed by atoms with Crippen LogP contribution in [-0.4, -0.2) is 23.2 Å². The molecule has 0 aromatic carbocycles. The van der Waals surface area contributed by atoms with E-state index in [1.54, 1.807) is 5.57 Å². The Bertz CT molecular complexity index is 494. The van der Waals surface area contributed by atoms with Crippen molar-refractivity contribution < 1.29 is 9.53 Å². The first-order chi connectivity index (χ1) is 10.2. The first-order valence-electron chi connectivity index (χ1n) is 8.93. The first-order valence-corrected chi connectivity index (χ1v) is 8.93. The Morgan fingerprint density at radius 3 is 2.59 bits per heavy atom.